The molecule has 0 spiro atoms. The third-order valence-corrected chi connectivity index (χ3v) is 3.55. The van der Waals surface area contributed by atoms with E-state index in [2.05, 4.69) is 16.9 Å². The van der Waals surface area contributed by atoms with Gasteiger partial charge in [-0.05, 0) is 32.9 Å². The van der Waals surface area contributed by atoms with Gasteiger partial charge in [-0.3, -0.25) is 0 Å². The summed E-state index contributed by atoms with van der Waals surface area (Å²) in [5.74, 6) is 1.28. The molecule has 2 heterocycles. The van der Waals surface area contributed by atoms with Crippen LogP contribution in [0.1, 0.15) is 36.8 Å². The molecule has 1 atom stereocenters. The highest BCUT2D eigenvalue weighted by atomic mass is 16.3. The molecule has 0 aromatic carbocycles. The monoisotopic (exact) mass is 207 g/mol. The fourth-order valence-electron chi connectivity index (χ4n) is 2.23. The van der Waals surface area contributed by atoms with Gasteiger partial charge in [0, 0.05) is 12.5 Å². The molecule has 4 heteroatoms. The molecule has 1 saturated heterocycles. The van der Waals surface area contributed by atoms with E-state index in [0.717, 1.165) is 37.5 Å². The molecule has 1 aliphatic carbocycles. The van der Waals surface area contributed by atoms with E-state index < -0.39 is 0 Å². The third-order valence-electron chi connectivity index (χ3n) is 3.55. The normalized spacial score (nSPS) is 29.6. The lowest BCUT2D eigenvalue weighted by molar-refractivity contribution is 0.410. The lowest BCUT2D eigenvalue weighted by atomic mass is 10.1. The number of hydrogen-bond acceptors (Lipinski definition) is 4. The second-order valence-electron chi connectivity index (χ2n) is 4.98. The molecule has 1 aromatic rings. The van der Waals surface area contributed by atoms with Crippen molar-refractivity contribution in [1.82, 2.24) is 9.88 Å². The van der Waals surface area contributed by atoms with Crippen molar-refractivity contribution < 1.29 is 4.42 Å². The van der Waals surface area contributed by atoms with Crippen LogP contribution in [0.4, 0.5) is 0 Å². The number of nitrogens with two attached hydrogens (primary N) is 1. The first-order chi connectivity index (χ1) is 7.17. The quantitative estimate of drug-likeness (QED) is 0.787. The SMILES string of the molecule is CN1CCC(c2coc(C3(N)CC3)n2)C1. The highest BCUT2D eigenvalue weighted by Gasteiger charge is 2.45. The number of rotatable bonds is 2. The van der Waals surface area contributed by atoms with E-state index in [4.69, 9.17) is 10.2 Å². The molecule has 2 N–H and O–H groups in total. The Morgan fingerprint density at radius 2 is 2.40 bits per heavy atom. The van der Waals surface area contributed by atoms with Crippen LogP contribution < -0.4 is 5.73 Å². The van der Waals surface area contributed by atoms with Gasteiger partial charge in [0.15, 0.2) is 0 Å². The maximum atomic E-state index is 6.04. The van der Waals surface area contributed by atoms with Gasteiger partial charge in [-0.1, -0.05) is 0 Å². The molecule has 3 rings (SSSR count). The van der Waals surface area contributed by atoms with E-state index in [1.54, 1.807) is 6.26 Å². The van der Waals surface area contributed by atoms with Crippen LogP contribution in [0, 0.1) is 0 Å². The predicted octanol–water partition coefficient (Wildman–Crippen LogP) is 1.04. The van der Waals surface area contributed by atoms with Crippen LogP contribution >= 0.6 is 0 Å². The van der Waals surface area contributed by atoms with Crippen molar-refractivity contribution in [2.24, 2.45) is 5.73 Å². The summed E-state index contributed by atoms with van der Waals surface area (Å²) >= 11 is 0. The van der Waals surface area contributed by atoms with Crippen molar-refractivity contribution in [3.05, 3.63) is 17.8 Å². The smallest absolute Gasteiger partial charge is 0.214 e. The van der Waals surface area contributed by atoms with E-state index in [1.165, 1.54) is 6.42 Å². The molecule has 1 aliphatic heterocycles. The van der Waals surface area contributed by atoms with E-state index in [-0.39, 0.29) is 5.54 Å². The molecule has 1 saturated carbocycles. The van der Waals surface area contributed by atoms with Crippen LogP contribution in [-0.4, -0.2) is 30.0 Å². The van der Waals surface area contributed by atoms with E-state index in [1.807, 2.05) is 0 Å². The summed E-state index contributed by atoms with van der Waals surface area (Å²) in [5, 5.41) is 0. The molecule has 15 heavy (non-hydrogen) atoms. The Kier molecular flexibility index (Phi) is 1.91. The minimum absolute atomic E-state index is 0.233. The lowest BCUT2D eigenvalue weighted by Gasteiger charge is -2.06. The van der Waals surface area contributed by atoms with E-state index in [9.17, 15) is 0 Å². The second-order valence-corrected chi connectivity index (χ2v) is 4.98. The molecular weight excluding hydrogens is 190 g/mol. The number of nitrogens with zero attached hydrogens (tertiary/aromatic N) is 2. The zero-order valence-corrected chi connectivity index (χ0v) is 9.07. The Bertz CT molecular complexity index is 370. The minimum Gasteiger partial charge on any atom is -0.447 e. The number of hydrogen-bond donors (Lipinski definition) is 1. The van der Waals surface area contributed by atoms with Gasteiger partial charge in [0.2, 0.25) is 5.89 Å². The number of aromatic nitrogens is 1. The summed E-state index contributed by atoms with van der Waals surface area (Å²) in [7, 11) is 2.15. The van der Waals surface area contributed by atoms with Crippen LogP contribution in [0.25, 0.3) is 0 Å². The van der Waals surface area contributed by atoms with Crippen molar-refractivity contribution in [1.29, 1.82) is 0 Å². The Morgan fingerprint density at radius 1 is 1.60 bits per heavy atom. The van der Waals surface area contributed by atoms with Gasteiger partial charge < -0.3 is 15.1 Å². The molecule has 1 unspecified atom stereocenters. The number of likely N-dealkylation sites (tertiary alicyclic amines) is 1. The molecule has 1 aromatic heterocycles. The minimum atomic E-state index is -0.233. The van der Waals surface area contributed by atoms with Gasteiger partial charge >= 0.3 is 0 Å². The average molecular weight is 207 g/mol. The Morgan fingerprint density at radius 3 is 3.00 bits per heavy atom. The van der Waals surface area contributed by atoms with Crippen molar-refractivity contribution in [2.75, 3.05) is 20.1 Å². The Balaban J connectivity index is 1.79. The first kappa shape index (κ1) is 9.36. The first-order valence-electron chi connectivity index (χ1n) is 5.61. The highest BCUT2D eigenvalue weighted by Crippen LogP contribution is 2.42. The molecule has 82 valence electrons. The summed E-state index contributed by atoms with van der Waals surface area (Å²) in [5.41, 5.74) is 6.90. The van der Waals surface area contributed by atoms with Crippen LogP contribution in [0.2, 0.25) is 0 Å². The molecule has 4 nitrogen and oxygen atoms in total. The first-order valence-corrected chi connectivity index (χ1v) is 5.61. The highest BCUT2D eigenvalue weighted by molar-refractivity contribution is 5.16. The van der Waals surface area contributed by atoms with Crippen molar-refractivity contribution in [3.63, 3.8) is 0 Å². The second kappa shape index (κ2) is 3.06. The van der Waals surface area contributed by atoms with Crippen LogP contribution in [-0.2, 0) is 5.54 Å². The van der Waals surface area contributed by atoms with Crippen LogP contribution in [0.5, 0.6) is 0 Å². The molecule has 0 radical (unpaired) electrons. The van der Waals surface area contributed by atoms with E-state index >= 15 is 0 Å². The van der Waals surface area contributed by atoms with Crippen LogP contribution in [0.15, 0.2) is 10.7 Å². The zero-order valence-electron chi connectivity index (χ0n) is 9.07. The average Bonchev–Trinajstić information content (AvgIpc) is 2.72. The molecule has 0 bridgehead atoms. The Hall–Kier alpha value is -0.870. The summed E-state index contributed by atoms with van der Waals surface area (Å²) < 4.78 is 5.48. The van der Waals surface area contributed by atoms with Gasteiger partial charge in [0.05, 0.1) is 11.2 Å². The van der Waals surface area contributed by atoms with Gasteiger partial charge in [0.1, 0.15) is 6.26 Å². The van der Waals surface area contributed by atoms with Crippen molar-refractivity contribution in [3.8, 4) is 0 Å². The Labute approximate surface area is 89.5 Å². The third kappa shape index (κ3) is 1.58. The molecule has 2 fully saturated rings. The number of oxazole rings is 1. The summed E-state index contributed by atoms with van der Waals surface area (Å²) in [6, 6.07) is 0. The van der Waals surface area contributed by atoms with Gasteiger partial charge in [-0.2, -0.15) is 0 Å². The largest absolute Gasteiger partial charge is 0.447 e. The lowest BCUT2D eigenvalue weighted by Crippen LogP contribution is -2.19. The topological polar surface area (TPSA) is 55.3 Å². The van der Waals surface area contributed by atoms with Gasteiger partial charge in [-0.25, -0.2) is 4.98 Å². The fourth-order valence-corrected chi connectivity index (χ4v) is 2.23. The van der Waals surface area contributed by atoms with E-state index in [0.29, 0.717) is 5.92 Å². The van der Waals surface area contributed by atoms with Crippen LogP contribution in [0.3, 0.4) is 0 Å². The zero-order chi connectivity index (χ0) is 10.5. The summed E-state index contributed by atoms with van der Waals surface area (Å²) in [6.07, 6.45) is 5.00. The maximum absolute atomic E-state index is 6.04. The fraction of sp³-hybridized carbons (Fsp3) is 0.727. The summed E-state index contributed by atoms with van der Waals surface area (Å²) in [4.78, 5) is 6.87. The van der Waals surface area contributed by atoms with Gasteiger partial charge in [-0.15, -0.1) is 0 Å². The molecule has 0 amide bonds. The molecule has 2 aliphatic rings. The van der Waals surface area contributed by atoms with Crippen molar-refractivity contribution >= 4 is 0 Å². The predicted molar refractivity (Wildman–Crippen MR) is 56.5 cm³/mol. The number of likely N-dealkylation sites (N-methyl/N-ethyl adjacent to an activating group) is 1. The molecular formula is C11H17N3O. The maximum Gasteiger partial charge on any atom is 0.214 e. The standard InChI is InChI=1S/C11H17N3O/c1-14-5-2-8(6-14)9-7-15-10(13-9)11(12)3-4-11/h7-8H,2-6,12H2,1H3. The van der Waals surface area contributed by atoms with Gasteiger partial charge in [0.25, 0.3) is 0 Å². The van der Waals surface area contributed by atoms with Crippen molar-refractivity contribution in [2.45, 2.75) is 30.7 Å². The summed E-state index contributed by atoms with van der Waals surface area (Å²) in [6.45, 7) is 2.24.